The van der Waals surface area contributed by atoms with Crippen LogP contribution in [-0.4, -0.2) is 0 Å². The summed E-state index contributed by atoms with van der Waals surface area (Å²) in [5, 5.41) is 1.39. The molecule has 4 heteroatoms. The van der Waals surface area contributed by atoms with Crippen LogP contribution < -0.4 is 5.73 Å². The van der Waals surface area contributed by atoms with Crippen LogP contribution in [-0.2, 0) is 6.42 Å². The summed E-state index contributed by atoms with van der Waals surface area (Å²) >= 11 is 14.4. The molecule has 2 aromatic rings. The van der Waals surface area contributed by atoms with Crippen molar-refractivity contribution in [3.05, 3.63) is 67.2 Å². The minimum absolute atomic E-state index is 0.0713. The molecule has 0 heterocycles. The second-order valence-electron chi connectivity index (χ2n) is 4.10. The molecule has 0 aromatic heterocycles. The summed E-state index contributed by atoms with van der Waals surface area (Å²) in [6, 6.07) is 13.6. The largest absolute Gasteiger partial charge is 0.324 e. The second-order valence-corrected chi connectivity index (χ2v) is 6.19. The lowest BCUT2D eigenvalue weighted by Crippen LogP contribution is -2.13. The third-order valence-electron chi connectivity index (χ3n) is 2.75. The maximum Gasteiger partial charge on any atom is 0.0439 e. The quantitative estimate of drug-likeness (QED) is 0.744. The molecule has 2 N–H and O–H groups in total. The Balaban J connectivity index is 2.18. The number of nitrogens with two attached hydrogens (primary N) is 1. The Morgan fingerprint density at radius 2 is 1.72 bits per heavy atom. The van der Waals surface area contributed by atoms with Crippen LogP contribution in [0.25, 0.3) is 0 Å². The molecular weight excluding hydrogens is 380 g/mol. The predicted molar refractivity (Wildman–Crippen MR) is 86.3 cm³/mol. The molecular formula is C14H12Cl2IN. The predicted octanol–water partition coefficient (Wildman–Crippen LogP) is 4.84. The number of halogens is 3. The van der Waals surface area contributed by atoms with Crippen LogP contribution in [0.5, 0.6) is 0 Å². The van der Waals surface area contributed by atoms with E-state index in [0.717, 1.165) is 11.1 Å². The molecule has 1 nitrogen and oxygen atoms in total. The van der Waals surface area contributed by atoms with Gasteiger partial charge in [0.2, 0.25) is 0 Å². The van der Waals surface area contributed by atoms with E-state index in [-0.39, 0.29) is 6.04 Å². The second kappa shape index (κ2) is 6.24. The van der Waals surface area contributed by atoms with Crippen LogP contribution in [0.3, 0.4) is 0 Å². The first-order valence-electron chi connectivity index (χ1n) is 5.51. The van der Waals surface area contributed by atoms with Crippen LogP contribution in [0.2, 0.25) is 10.0 Å². The van der Waals surface area contributed by atoms with E-state index >= 15 is 0 Å². The summed E-state index contributed by atoms with van der Waals surface area (Å²) in [4.78, 5) is 0. The van der Waals surface area contributed by atoms with Gasteiger partial charge in [0.1, 0.15) is 0 Å². The minimum atomic E-state index is -0.0713. The molecule has 0 aliphatic heterocycles. The lowest BCUT2D eigenvalue weighted by Gasteiger charge is -2.13. The monoisotopic (exact) mass is 391 g/mol. The van der Waals surface area contributed by atoms with Crippen LogP contribution in [0.15, 0.2) is 42.5 Å². The molecule has 0 radical (unpaired) electrons. The zero-order valence-corrected chi connectivity index (χ0v) is 13.2. The van der Waals surface area contributed by atoms with Crippen molar-refractivity contribution < 1.29 is 0 Å². The molecule has 0 fully saturated rings. The third kappa shape index (κ3) is 3.60. The Bertz CT molecular complexity index is 540. The summed E-state index contributed by atoms with van der Waals surface area (Å²) in [7, 11) is 0. The van der Waals surface area contributed by atoms with Crippen LogP contribution in [0.1, 0.15) is 17.2 Å². The van der Waals surface area contributed by atoms with Gasteiger partial charge >= 0.3 is 0 Å². The Labute approximate surface area is 130 Å². The summed E-state index contributed by atoms with van der Waals surface area (Å²) in [6.45, 7) is 0. The van der Waals surface area contributed by atoms with Gasteiger partial charge in [-0.3, -0.25) is 0 Å². The molecule has 2 rings (SSSR count). The highest BCUT2D eigenvalue weighted by atomic mass is 127. The Morgan fingerprint density at radius 1 is 1.06 bits per heavy atom. The molecule has 0 aliphatic rings. The minimum Gasteiger partial charge on any atom is -0.324 e. The van der Waals surface area contributed by atoms with E-state index in [2.05, 4.69) is 34.7 Å². The van der Waals surface area contributed by atoms with Gasteiger partial charge in [-0.2, -0.15) is 0 Å². The van der Waals surface area contributed by atoms with Crippen molar-refractivity contribution in [2.24, 2.45) is 5.73 Å². The standard InChI is InChI=1S/C14H12Cl2IN/c15-11-3-6-13(16)10(7-11)8-14(18)9-1-4-12(17)5-2-9/h1-7,14H,8,18H2. The maximum atomic E-state index is 6.19. The first-order chi connectivity index (χ1) is 8.56. The van der Waals surface area contributed by atoms with Crippen LogP contribution in [0.4, 0.5) is 0 Å². The fourth-order valence-electron chi connectivity index (χ4n) is 1.76. The highest BCUT2D eigenvalue weighted by Crippen LogP contribution is 2.25. The van der Waals surface area contributed by atoms with Gasteiger partial charge in [-0.25, -0.2) is 0 Å². The molecule has 0 spiro atoms. The van der Waals surface area contributed by atoms with Crippen molar-refractivity contribution in [3.8, 4) is 0 Å². The first kappa shape index (κ1) is 14.1. The zero-order valence-electron chi connectivity index (χ0n) is 9.54. The summed E-state index contributed by atoms with van der Waals surface area (Å²) in [6.07, 6.45) is 0.681. The number of benzene rings is 2. The summed E-state index contributed by atoms with van der Waals surface area (Å²) in [5.41, 5.74) is 8.28. The molecule has 1 atom stereocenters. The first-order valence-corrected chi connectivity index (χ1v) is 7.34. The molecule has 18 heavy (non-hydrogen) atoms. The molecule has 2 aromatic carbocycles. The highest BCUT2D eigenvalue weighted by Gasteiger charge is 2.10. The fraction of sp³-hybridized carbons (Fsp3) is 0.143. The van der Waals surface area contributed by atoms with Crippen molar-refractivity contribution in [1.29, 1.82) is 0 Å². The lowest BCUT2D eigenvalue weighted by atomic mass is 10.00. The number of rotatable bonds is 3. The third-order valence-corrected chi connectivity index (χ3v) is 4.07. The topological polar surface area (TPSA) is 26.0 Å². The van der Waals surface area contributed by atoms with Crippen molar-refractivity contribution in [2.75, 3.05) is 0 Å². The van der Waals surface area contributed by atoms with E-state index in [1.165, 1.54) is 3.57 Å². The van der Waals surface area contributed by atoms with Gasteiger partial charge in [-0.15, -0.1) is 0 Å². The van der Waals surface area contributed by atoms with Crippen LogP contribution >= 0.6 is 45.8 Å². The summed E-state index contributed by atoms with van der Waals surface area (Å²) < 4.78 is 1.20. The van der Waals surface area contributed by atoms with Gasteiger partial charge in [0, 0.05) is 19.7 Å². The maximum absolute atomic E-state index is 6.19. The normalized spacial score (nSPS) is 12.4. The van der Waals surface area contributed by atoms with Gasteiger partial charge in [0.15, 0.2) is 0 Å². The van der Waals surface area contributed by atoms with Gasteiger partial charge < -0.3 is 5.73 Å². The molecule has 0 saturated carbocycles. The van der Waals surface area contributed by atoms with E-state index in [1.54, 1.807) is 12.1 Å². The summed E-state index contributed by atoms with van der Waals surface area (Å²) in [5.74, 6) is 0. The molecule has 0 aliphatic carbocycles. The van der Waals surface area contributed by atoms with E-state index in [9.17, 15) is 0 Å². The van der Waals surface area contributed by atoms with E-state index < -0.39 is 0 Å². The van der Waals surface area contributed by atoms with Crippen LogP contribution in [0, 0.1) is 3.57 Å². The van der Waals surface area contributed by atoms with E-state index in [0.29, 0.717) is 16.5 Å². The Hall–Kier alpha value is -0.290. The van der Waals surface area contributed by atoms with Crippen molar-refractivity contribution >= 4 is 45.8 Å². The highest BCUT2D eigenvalue weighted by molar-refractivity contribution is 14.1. The number of hydrogen-bond acceptors (Lipinski definition) is 1. The molecule has 0 saturated heterocycles. The van der Waals surface area contributed by atoms with Gasteiger partial charge in [0.25, 0.3) is 0 Å². The average molecular weight is 392 g/mol. The SMILES string of the molecule is NC(Cc1cc(Cl)ccc1Cl)c1ccc(I)cc1. The fourth-order valence-corrected chi connectivity index (χ4v) is 2.51. The van der Waals surface area contributed by atoms with Gasteiger partial charge in [-0.05, 0) is 70.5 Å². The zero-order chi connectivity index (χ0) is 13.1. The van der Waals surface area contributed by atoms with E-state index in [1.807, 2.05) is 18.2 Å². The molecule has 0 amide bonds. The van der Waals surface area contributed by atoms with Crippen molar-refractivity contribution in [3.63, 3.8) is 0 Å². The Kier molecular flexibility index (Phi) is 4.90. The molecule has 1 unspecified atom stereocenters. The van der Waals surface area contributed by atoms with Gasteiger partial charge in [0.05, 0.1) is 0 Å². The molecule has 94 valence electrons. The van der Waals surface area contributed by atoms with Crippen molar-refractivity contribution in [1.82, 2.24) is 0 Å². The average Bonchev–Trinajstić information content (AvgIpc) is 2.34. The molecule has 0 bridgehead atoms. The Morgan fingerprint density at radius 3 is 2.39 bits per heavy atom. The lowest BCUT2D eigenvalue weighted by molar-refractivity contribution is 0.722. The number of hydrogen-bond donors (Lipinski definition) is 1. The van der Waals surface area contributed by atoms with E-state index in [4.69, 9.17) is 28.9 Å². The smallest absolute Gasteiger partial charge is 0.0439 e. The van der Waals surface area contributed by atoms with Crippen molar-refractivity contribution in [2.45, 2.75) is 12.5 Å². The van der Waals surface area contributed by atoms with Gasteiger partial charge in [-0.1, -0.05) is 35.3 Å².